The molecule has 0 saturated heterocycles. The van der Waals surface area contributed by atoms with Gasteiger partial charge in [-0.25, -0.2) is 15.0 Å². The first kappa shape index (κ1) is 22.8. The highest BCUT2D eigenvalue weighted by molar-refractivity contribution is 7.18. The van der Waals surface area contributed by atoms with Crippen LogP contribution in [0.15, 0.2) is 64.5 Å². The van der Waals surface area contributed by atoms with E-state index in [1.54, 1.807) is 22.1 Å². The van der Waals surface area contributed by atoms with E-state index in [1.165, 1.54) is 10.4 Å². The second-order valence-electron chi connectivity index (χ2n) is 9.82. The van der Waals surface area contributed by atoms with Crippen molar-refractivity contribution in [3.63, 3.8) is 0 Å². The topological polar surface area (TPSA) is 59.3 Å². The lowest BCUT2D eigenvalue weighted by Crippen LogP contribution is -2.27. The molecule has 4 aromatic rings. The highest BCUT2D eigenvalue weighted by Gasteiger charge is 2.32. The quantitative estimate of drug-likeness (QED) is 0.256. The van der Waals surface area contributed by atoms with Gasteiger partial charge in [0.05, 0.1) is 17.3 Å². The van der Waals surface area contributed by atoms with Crippen molar-refractivity contribution >= 4 is 45.3 Å². The van der Waals surface area contributed by atoms with Crippen LogP contribution in [0.2, 0.25) is 5.02 Å². The van der Waals surface area contributed by atoms with Crippen LogP contribution in [-0.4, -0.2) is 15.8 Å². The molecule has 1 atom stereocenters. The molecule has 0 amide bonds. The third-order valence-corrected chi connectivity index (χ3v) is 7.97. The Bertz CT molecular complexity index is 1420. The first-order valence-electron chi connectivity index (χ1n) is 11.5. The van der Waals surface area contributed by atoms with Gasteiger partial charge in [-0.3, -0.25) is 4.79 Å². The van der Waals surface area contributed by atoms with Gasteiger partial charge in [-0.1, -0.05) is 62.7 Å². The Morgan fingerprint density at radius 2 is 1.88 bits per heavy atom. The fourth-order valence-electron chi connectivity index (χ4n) is 4.57. The molecule has 0 saturated carbocycles. The van der Waals surface area contributed by atoms with E-state index in [0.717, 1.165) is 40.7 Å². The lowest BCUT2D eigenvalue weighted by Gasteiger charge is -2.33. The molecule has 1 aliphatic rings. The molecule has 2 aromatic carbocycles. The number of para-hydroxylation sites is 1. The fraction of sp³-hybridized carbons (Fsp3) is 0.296. The normalized spacial score (nSPS) is 16.2. The highest BCUT2D eigenvalue weighted by Crippen LogP contribution is 2.42. The van der Waals surface area contributed by atoms with Crippen molar-refractivity contribution in [2.24, 2.45) is 16.4 Å². The van der Waals surface area contributed by atoms with Crippen molar-refractivity contribution in [1.82, 2.24) is 9.55 Å². The maximum absolute atomic E-state index is 13.9. The molecular formula is C27H27ClN4OS. The van der Waals surface area contributed by atoms with E-state index >= 15 is 0 Å². The van der Waals surface area contributed by atoms with E-state index in [1.807, 2.05) is 54.6 Å². The number of aryl methyl sites for hydroxylation is 1. The number of thiophene rings is 1. The van der Waals surface area contributed by atoms with Crippen LogP contribution in [0.4, 0.5) is 5.95 Å². The largest absolute Gasteiger partial charge is 0.268 e. The van der Waals surface area contributed by atoms with Crippen molar-refractivity contribution < 1.29 is 0 Å². The van der Waals surface area contributed by atoms with Crippen molar-refractivity contribution in [1.29, 1.82) is 0 Å². The van der Waals surface area contributed by atoms with E-state index in [4.69, 9.17) is 16.6 Å². The number of nitrogens with one attached hydrogen (secondary N) is 1. The minimum absolute atomic E-state index is 0.0490. The van der Waals surface area contributed by atoms with Crippen molar-refractivity contribution in [2.75, 3.05) is 5.43 Å². The van der Waals surface area contributed by atoms with Crippen LogP contribution in [0, 0.1) is 11.3 Å². The zero-order valence-corrected chi connectivity index (χ0v) is 21.1. The van der Waals surface area contributed by atoms with E-state index in [9.17, 15) is 4.79 Å². The Morgan fingerprint density at radius 3 is 2.59 bits per heavy atom. The first-order chi connectivity index (χ1) is 16.3. The molecule has 0 radical (unpaired) electrons. The number of anilines is 1. The third kappa shape index (κ3) is 4.40. The lowest BCUT2D eigenvalue weighted by atomic mass is 9.72. The molecule has 7 heteroatoms. The van der Waals surface area contributed by atoms with Gasteiger partial charge in [0, 0.05) is 9.90 Å². The Hall–Kier alpha value is -2.96. The van der Waals surface area contributed by atoms with Crippen LogP contribution in [-0.2, 0) is 12.8 Å². The molecular weight excluding hydrogens is 464 g/mol. The summed E-state index contributed by atoms with van der Waals surface area (Å²) in [6.45, 7) is 6.91. The van der Waals surface area contributed by atoms with E-state index < -0.39 is 0 Å². The molecule has 1 aliphatic carbocycles. The fourth-order valence-corrected chi connectivity index (χ4v) is 5.99. The Morgan fingerprint density at radius 1 is 1.15 bits per heavy atom. The average molecular weight is 491 g/mol. The monoisotopic (exact) mass is 490 g/mol. The number of hydrogen-bond donors (Lipinski definition) is 1. The van der Waals surface area contributed by atoms with E-state index in [2.05, 4.69) is 31.3 Å². The van der Waals surface area contributed by atoms with Crippen LogP contribution in [0.3, 0.4) is 0 Å². The van der Waals surface area contributed by atoms with Crippen LogP contribution in [0.5, 0.6) is 0 Å². The molecule has 2 aromatic heterocycles. The number of nitrogens with zero attached hydrogens (tertiary/aromatic N) is 3. The smallest absolute Gasteiger partial charge is 0.268 e. The summed E-state index contributed by atoms with van der Waals surface area (Å²) in [5.74, 6) is 1.01. The molecule has 5 nitrogen and oxygen atoms in total. The van der Waals surface area contributed by atoms with Gasteiger partial charge < -0.3 is 0 Å². The number of fused-ring (bicyclic) bond motifs is 3. The molecule has 0 unspecified atom stereocenters. The molecule has 1 N–H and O–H groups in total. The third-order valence-electron chi connectivity index (χ3n) is 6.57. The van der Waals surface area contributed by atoms with Gasteiger partial charge >= 0.3 is 0 Å². The molecule has 0 aliphatic heterocycles. The summed E-state index contributed by atoms with van der Waals surface area (Å²) in [5.41, 5.74) is 6.04. The van der Waals surface area contributed by atoms with Crippen LogP contribution >= 0.6 is 22.9 Å². The first-order valence-corrected chi connectivity index (χ1v) is 12.7. The summed E-state index contributed by atoms with van der Waals surface area (Å²) in [7, 11) is 0. The summed E-state index contributed by atoms with van der Waals surface area (Å²) in [6, 6.07) is 17.0. The standard InChI is InChI=1S/C27H27ClN4OS/c1-27(2,3)18-11-14-21-22(15-18)34-24-23(21)25(33)32(20-7-5-4-6-8-20)26(30-24)31-29-16-17-9-12-19(28)13-10-17/h4-10,12-13,16,18H,11,14-15H2,1-3H3,(H,30,31)/b29-16-/t18-/m0/s1. The lowest BCUT2D eigenvalue weighted by molar-refractivity contribution is 0.218. The second-order valence-corrected chi connectivity index (χ2v) is 11.3. The SMILES string of the molecule is CC(C)(C)[C@H]1CCc2c(sc3nc(N/N=C\c4ccc(Cl)cc4)n(-c4ccccc4)c(=O)c23)C1. The van der Waals surface area contributed by atoms with Gasteiger partial charge in [0.25, 0.3) is 5.56 Å². The van der Waals surface area contributed by atoms with Gasteiger partial charge in [0.15, 0.2) is 0 Å². The van der Waals surface area contributed by atoms with Gasteiger partial charge in [-0.05, 0) is 66.0 Å². The molecule has 0 fully saturated rings. The zero-order chi connectivity index (χ0) is 23.9. The zero-order valence-electron chi connectivity index (χ0n) is 19.5. The predicted octanol–water partition coefficient (Wildman–Crippen LogP) is 6.70. The molecule has 2 heterocycles. The van der Waals surface area contributed by atoms with Gasteiger partial charge in [-0.15, -0.1) is 11.3 Å². The van der Waals surface area contributed by atoms with Crippen LogP contribution < -0.4 is 11.0 Å². The molecule has 5 rings (SSSR count). The number of benzene rings is 2. The van der Waals surface area contributed by atoms with Crippen molar-refractivity contribution in [2.45, 2.75) is 40.0 Å². The number of hydrazone groups is 1. The van der Waals surface area contributed by atoms with Gasteiger partial charge in [-0.2, -0.15) is 5.10 Å². The average Bonchev–Trinajstić information content (AvgIpc) is 3.18. The predicted molar refractivity (Wildman–Crippen MR) is 143 cm³/mol. The summed E-state index contributed by atoms with van der Waals surface area (Å²) >= 11 is 7.63. The summed E-state index contributed by atoms with van der Waals surface area (Å²) in [4.78, 5) is 20.8. The molecule has 174 valence electrons. The van der Waals surface area contributed by atoms with E-state index in [-0.39, 0.29) is 11.0 Å². The molecule has 0 spiro atoms. The number of hydrogen-bond acceptors (Lipinski definition) is 5. The van der Waals surface area contributed by atoms with Gasteiger partial charge in [0.2, 0.25) is 5.95 Å². The maximum atomic E-state index is 13.9. The highest BCUT2D eigenvalue weighted by atomic mass is 35.5. The van der Waals surface area contributed by atoms with Crippen LogP contribution in [0.25, 0.3) is 15.9 Å². The minimum atomic E-state index is -0.0490. The summed E-state index contributed by atoms with van der Waals surface area (Å²) in [6.07, 6.45) is 4.71. The Kier molecular flexibility index (Phi) is 6.04. The summed E-state index contributed by atoms with van der Waals surface area (Å²) in [5, 5.41) is 5.79. The summed E-state index contributed by atoms with van der Waals surface area (Å²) < 4.78 is 1.63. The number of aromatic nitrogens is 2. The Balaban J connectivity index is 1.60. The van der Waals surface area contributed by atoms with Crippen LogP contribution in [0.1, 0.15) is 43.2 Å². The molecule has 0 bridgehead atoms. The van der Waals surface area contributed by atoms with Crippen molar-refractivity contribution in [3.05, 3.63) is 86.0 Å². The minimum Gasteiger partial charge on any atom is -0.268 e. The van der Waals surface area contributed by atoms with E-state index in [0.29, 0.717) is 16.9 Å². The van der Waals surface area contributed by atoms with Crippen molar-refractivity contribution in [3.8, 4) is 5.69 Å². The Labute approximate surface area is 208 Å². The van der Waals surface area contributed by atoms with Gasteiger partial charge in [0.1, 0.15) is 4.83 Å². The maximum Gasteiger partial charge on any atom is 0.268 e. The number of rotatable bonds is 4. The molecule has 34 heavy (non-hydrogen) atoms. The number of halogens is 1. The second kappa shape index (κ2) is 9.01.